The molecule has 0 bridgehead atoms. The minimum absolute atomic E-state index is 0.371. The summed E-state index contributed by atoms with van der Waals surface area (Å²) in [6, 6.07) is 14.8. The van der Waals surface area contributed by atoms with Crippen LogP contribution in [0.4, 0.5) is 0 Å². The van der Waals surface area contributed by atoms with Gasteiger partial charge in [0.25, 0.3) is 0 Å². The van der Waals surface area contributed by atoms with Crippen molar-refractivity contribution >= 4 is 35.2 Å². The van der Waals surface area contributed by atoms with E-state index in [-0.39, 0.29) is 0 Å². The van der Waals surface area contributed by atoms with E-state index in [4.69, 9.17) is 23.2 Å². The number of carboxylic acid groups (broad SMARTS) is 1. The van der Waals surface area contributed by atoms with Crippen molar-refractivity contribution in [1.82, 2.24) is 0 Å². The standard InChI is InChI=1S/C19H18Cl2O2/c1-2-19(18(22)23,15-10-11-16(20)17(21)13-15)12-6-9-14-7-4-3-5-8-14/h3-11,13H,2,12H2,1H3,(H,22,23). The number of hydrogen-bond acceptors (Lipinski definition) is 1. The summed E-state index contributed by atoms with van der Waals surface area (Å²) >= 11 is 12.0. The summed E-state index contributed by atoms with van der Waals surface area (Å²) in [5.41, 5.74) is 0.691. The second kappa shape index (κ2) is 7.67. The topological polar surface area (TPSA) is 37.3 Å². The molecule has 2 rings (SSSR count). The van der Waals surface area contributed by atoms with Crippen molar-refractivity contribution in [1.29, 1.82) is 0 Å². The van der Waals surface area contributed by atoms with E-state index in [9.17, 15) is 9.90 Å². The molecule has 0 fully saturated rings. The van der Waals surface area contributed by atoms with Crippen molar-refractivity contribution in [2.24, 2.45) is 0 Å². The SMILES string of the molecule is CCC(CC=Cc1ccccc1)(C(=O)O)c1ccc(Cl)c(Cl)c1. The number of carbonyl (C=O) groups is 1. The number of hydrogen-bond donors (Lipinski definition) is 1. The zero-order valence-electron chi connectivity index (χ0n) is 12.8. The molecular formula is C19H18Cl2O2. The Morgan fingerprint density at radius 1 is 1.13 bits per heavy atom. The van der Waals surface area contributed by atoms with Crippen molar-refractivity contribution in [2.45, 2.75) is 25.2 Å². The van der Waals surface area contributed by atoms with Crippen LogP contribution >= 0.6 is 23.2 Å². The second-order valence-electron chi connectivity index (χ2n) is 5.39. The van der Waals surface area contributed by atoms with Crippen LogP contribution in [0.2, 0.25) is 10.0 Å². The predicted octanol–water partition coefficient (Wildman–Crippen LogP) is 5.83. The molecule has 0 aliphatic heterocycles. The molecule has 0 aliphatic rings. The van der Waals surface area contributed by atoms with E-state index in [1.165, 1.54) is 0 Å². The molecule has 120 valence electrons. The molecule has 23 heavy (non-hydrogen) atoms. The summed E-state index contributed by atoms with van der Waals surface area (Å²) in [5.74, 6) is -0.865. The summed E-state index contributed by atoms with van der Waals surface area (Å²) in [4.78, 5) is 12.0. The lowest BCUT2D eigenvalue weighted by atomic mass is 9.75. The van der Waals surface area contributed by atoms with Gasteiger partial charge in [-0.2, -0.15) is 0 Å². The number of halogens is 2. The van der Waals surface area contributed by atoms with Crippen LogP contribution in [0.15, 0.2) is 54.6 Å². The average Bonchev–Trinajstić information content (AvgIpc) is 2.55. The Morgan fingerprint density at radius 3 is 2.39 bits per heavy atom. The third-order valence-electron chi connectivity index (χ3n) is 4.06. The quantitative estimate of drug-likeness (QED) is 0.712. The van der Waals surface area contributed by atoms with Crippen LogP contribution in [0.25, 0.3) is 6.08 Å². The van der Waals surface area contributed by atoms with Gasteiger partial charge in [0.05, 0.1) is 15.5 Å². The van der Waals surface area contributed by atoms with Crippen molar-refractivity contribution in [3.63, 3.8) is 0 Å². The van der Waals surface area contributed by atoms with Gasteiger partial charge in [0.1, 0.15) is 0 Å². The largest absolute Gasteiger partial charge is 0.481 e. The van der Waals surface area contributed by atoms with Gasteiger partial charge < -0.3 is 5.11 Å². The minimum atomic E-state index is -1.01. The molecule has 2 aromatic carbocycles. The molecule has 0 amide bonds. The maximum Gasteiger partial charge on any atom is 0.314 e. The Hall–Kier alpha value is -1.77. The van der Waals surface area contributed by atoms with Crippen LogP contribution in [-0.2, 0) is 10.2 Å². The number of benzene rings is 2. The summed E-state index contributed by atoms with van der Waals surface area (Å²) in [6.45, 7) is 1.87. The van der Waals surface area contributed by atoms with Crippen molar-refractivity contribution in [2.75, 3.05) is 0 Å². The molecule has 1 unspecified atom stereocenters. The summed E-state index contributed by atoms with van der Waals surface area (Å²) in [5, 5.41) is 10.6. The third kappa shape index (κ3) is 3.95. The van der Waals surface area contributed by atoms with Gasteiger partial charge in [-0.15, -0.1) is 0 Å². The number of rotatable bonds is 6. The van der Waals surface area contributed by atoms with Crippen LogP contribution in [0.1, 0.15) is 30.9 Å². The molecule has 0 heterocycles. The van der Waals surface area contributed by atoms with E-state index in [0.717, 1.165) is 5.56 Å². The second-order valence-corrected chi connectivity index (χ2v) is 6.20. The molecule has 0 spiro atoms. The summed E-state index contributed by atoms with van der Waals surface area (Å²) in [7, 11) is 0. The van der Waals surface area contributed by atoms with Crippen LogP contribution in [0.5, 0.6) is 0 Å². The average molecular weight is 349 g/mol. The first-order valence-electron chi connectivity index (χ1n) is 7.40. The highest BCUT2D eigenvalue weighted by Gasteiger charge is 2.37. The normalized spacial score (nSPS) is 13.9. The predicted molar refractivity (Wildman–Crippen MR) is 96.2 cm³/mol. The molecule has 4 heteroatoms. The van der Waals surface area contributed by atoms with Crippen LogP contribution in [0, 0.1) is 0 Å². The van der Waals surface area contributed by atoms with Gasteiger partial charge in [0.2, 0.25) is 0 Å². The van der Waals surface area contributed by atoms with E-state index in [1.54, 1.807) is 18.2 Å². The molecular weight excluding hydrogens is 331 g/mol. The van der Waals surface area contributed by atoms with Gasteiger partial charge in [-0.25, -0.2) is 0 Å². The number of carboxylic acids is 1. The zero-order chi connectivity index (χ0) is 16.9. The number of aliphatic carboxylic acids is 1. The summed E-state index contributed by atoms with van der Waals surface area (Å²) < 4.78 is 0. The van der Waals surface area contributed by atoms with Gasteiger partial charge in [-0.05, 0) is 36.1 Å². The Balaban J connectivity index is 2.34. The van der Waals surface area contributed by atoms with Gasteiger partial charge in [-0.3, -0.25) is 4.79 Å². The fourth-order valence-corrected chi connectivity index (χ4v) is 2.88. The van der Waals surface area contributed by atoms with E-state index >= 15 is 0 Å². The Labute approximate surface area is 146 Å². The Kier molecular flexibility index (Phi) is 5.86. The zero-order valence-corrected chi connectivity index (χ0v) is 14.3. The van der Waals surface area contributed by atoms with E-state index in [0.29, 0.717) is 28.5 Å². The Morgan fingerprint density at radius 2 is 1.83 bits per heavy atom. The van der Waals surface area contributed by atoms with Crippen molar-refractivity contribution in [3.8, 4) is 0 Å². The summed E-state index contributed by atoms with van der Waals surface area (Å²) in [6.07, 6.45) is 4.67. The molecule has 0 saturated heterocycles. The lowest BCUT2D eigenvalue weighted by Crippen LogP contribution is -2.34. The highest BCUT2D eigenvalue weighted by atomic mass is 35.5. The molecule has 0 aliphatic carbocycles. The highest BCUT2D eigenvalue weighted by Crippen LogP contribution is 2.36. The van der Waals surface area contributed by atoms with Crippen molar-refractivity contribution < 1.29 is 9.90 Å². The van der Waals surface area contributed by atoms with Crippen LogP contribution in [-0.4, -0.2) is 11.1 Å². The molecule has 0 aromatic heterocycles. The Bertz CT molecular complexity index is 711. The van der Waals surface area contributed by atoms with E-state index < -0.39 is 11.4 Å². The van der Waals surface area contributed by atoms with Gasteiger partial charge in [0, 0.05) is 0 Å². The first-order chi connectivity index (χ1) is 11.0. The van der Waals surface area contributed by atoms with Gasteiger partial charge in [0.15, 0.2) is 0 Å². The van der Waals surface area contributed by atoms with Crippen LogP contribution in [0.3, 0.4) is 0 Å². The van der Waals surface area contributed by atoms with Gasteiger partial charge >= 0.3 is 5.97 Å². The molecule has 0 radical (unpaired) electrons. The highest BCUT2D eigenvalue weighted by molar-refractivity contribution is 6.42. The monoisotopic (exact) mass is 348 g/mol. The molecule has 1 atom stereocenters. The van der Waals surface area contributed by atoms with Crippen LogP contribution < -0.4 is 0 Å². The first kappa shape index (κ1) is 17.6. The number of allylic oxidation sites excluding steroid dienone is 1. The van der Waals surface area contributed by atoms with E-state index in [1.807, 2.05) is 49.4 Å². The maximum absolute atomic E-state index is 12.0. The third-order valence-corrected chi connectivity index (χ3v) is 4.80. The minimum Gasteiger partial charge on any atom is -0.481 e. The molecule has 2 nitrogen and oxygen atoms in total. The van der Waals surface area contributed by atoms with Crippen molar-refractivity contribution in [3.05, 3.63) is 75.8 Å². The maximum atomic E-state index is 12.0. The fraction of sp³-hybridized carbons (Fsp3) is 0.211. The van der Waals surface area contributed by atoms with Gasteiger partial charge in [-0.1, -0.05) is 78.7 Å². The van der Waals surface area contributed by atoms with E-state index in [2.05, 4.69) is 0 Å². The molecule has 2 aromatic rings. The lowest BCUT2D eigenvalue weighted by Gasteiger charge is -2.28. The first-order valence-corrected chi connectivity index (χ1v) is 8.15. The lowest BCUT2D eigenvalue weighted by molar-refractivity contribution is -0.144. The molecule has 0 saturated carbocycles. The fourth-order valence-electron chi connectivity index (χ4n) is 2.58. The molecule has 1 N–H and O–H groups in total. The smallest absolute Gasteiger partial charge is 0.314 e.